The minimum atomic E-state index is 0.264. The van der Waals surface area contributed by atoms with Gasteiger partial charge in [0.05, 0.1) is 6.04 Å². The molecule has 5 nitrogen and oxygen atoms in total. The molecule has 5 heteroatoms. The van der Waals surface area contributed by atoms with E-state index in [2.05, 4.69) is 32.7 Å². The third-order valence-electron chi connectivity index (χ3n) is 2.92. The van der Waals surface area contributed by atoms with Crippen molar-refractivity contribution in [3.63, 3.8) is 0 Å². The Morgan fingerprint density at radius 1 is 1.31 bits per heavy atom. The largest absolute Gasteiger partial charge is 0.362 e. The third kappa shape index (κ3) is 1.32. The number of rotatable bonds is 1. The topological polar surface area (TPSA) is 54.2 Å². The predicted molar refractivity (Wildman–Crippen MR) is 60.4 cm³/mol. The van der Waals surface area contributed by atoms with Crippen molar-refractivity contribution in [3.8, 4) is 0 Å². The molecule has 2 aromatic rings. The third-order valence-corrected chi connectivity index (χ3v) is 2.92. The highest BCUT2D eigenvalue weighted by Gasteiger charge is 2.28. The maximum Gasteiger partial charge on any atom is 0.218 e. The van der Waals surface area contributed by atoms with Crippen molar-refractivity contribution in [2.45, 2.75) is 6.04 Å². The number of anilines is 2. The lowest BCUT2D eigenvalue weighted by Gasteiger charge is -2.32. The monoisotopic (exact) mass is 216 g/mol. The van der Waals surface area contributed by atoms with Crippen molar-refractivity contribution in [2.75, 3.05) is 23.8 Å². The summed E-state index contributed by atoms with van der Waals surface area (Å²) in [5.41, 5.74) is 1.26. The van der Waals surface area contributed by atoms with Crippen LogP contribution in [0.25, 0.3) is 0 Å². The molecule has 1 aliphatic rings. The molecule has 0 amide bonds. The lowest BCUT2D eigenvalue weighted by atomic mass is 10.0. The van der Waals surface area contributed by atoms with Crippen LogP contribution >= 0.6 is 0 Å². The lowest BCUT2D eigenvalue weighted by Crippen LogP contribution is -2.34. The molecule has 1 aliphatic heterocycles. The molecule has 0 spiro atoms. The second kappa shape index (κ2) is 3.52. The van der Waals surface area contributed by atoms with Crippen LogP contribution in [0.5, 0.6) is 0 Å². The van der Waals surface area contributed by atoms with Crippen molar-refractivity contribution in [1.82, 2.24) is 10.3 Å². The van der Waals surface area contributed by atoms with Gasteiger partial charge in [-0.3, -0.25) is 0 Å². The summed E-state index contributed by atoms with van der Waals surface area (Å²) in [6, 6.07) is 10.6. The van der Waals surface area contributed by atoms with Gasteiger partial charge in [-0.2, -0.15) is 0 Å². The zero-order valence-corrected chi connectivity index (χ0v) is 8.92. The van der Waals surface area contributed by atoms with E-state index in [1.54, 1.807) is 0 Å². The van der Waals surface area contributed by atoms with Gasteiger partial charge < -0.3 is 10.2 Å². The highest BCUT2D eigenvalue weighted by molar-refractivity contribution is 5.63. The smallest absolute Gasteiger partial charge is 0.218 e. The maximum absolute atomic E-state index is 4.72. The van der Waals surface area contributed by atoms with Gasteiger partial charge in [0.15, 0.2) is 0 Å². The van der Waals surface area contributed by atoms with Gasteiger partial charge in [0, 0.05) is 13.6 Å². The average Bonchev–Trinajstić information content (AvgIpc) is 2.80. The Bertz CT molecular complexity index is 482. The number of benzene rings is 1. The van der Waals surface area contributed by atoms with Crippen LogP contribution in [0.3, 0.4) is 0 Å². The minimum Gasteiger partial charge on any atom is -0.362 e. The fourth-order valence-electron chi connectivity index (χ4n) is 2.02. The number of hydrogen-bond acceptors (Lipinski definition) is 5. The Hall–Kier alpha value is -2.04. The number of aromatic nitrogens is 2. The highest BCUT2D eigenvalue weighted by Crippen LogP contribution is 2.33. The molecular formula is C11H12N4O. The first-order valence-corrected chi connectivity index (χ1v) is 5.20. The predicted octanol–water partition coefficient (Wildman–Crippen LogP) is 1.67. The van der Waals surface area contributed by atoms with E-state index in [4.69, 9.17) is 4.63 Å². The molecule has 1 aromatic heterocycles. The van der Waals surface area contributed by atoms with Gasteiger partial charge in [0.1, 0.15) is 0 Å². The van der Waals surface area contributed by atoms with E-state index in [1.807, 2.05) is 25.2 Å². The maximum atomic E-state index is 4.72. The van der Waals surface area contributed by atoms with Gasteiger partial charge in [-0.25, -0.2) is 4.63 Å². The summed E-state index contributed by atoms with van der Waals surface area (Å²) in [6.45, 7) is 0.807. The van der Waals surface area contributed by atoms with E-state index in [0.717, 1.165) is 18.2 Å². The molecule has 3 rings (SSSR count). The van der Waals surface area contributed by atoms with Crippen molar-refractivity contribution in [2.24, 2.45) is 0 Å². The molecule has 1 unspecified atom stereocenters. The zero-order valence-electron chi connectivity index (χ0n) is 8.92. The highest BCUT2D eigenvalue weighted by atomic mass is 16.6. The van der Waals surface area contributed by atoms with Crippen LogP contribution in [0.1, 0.15) is 11.6 Å². The molecule has 16 heavy (non-hydrogen) atoms. The Kier molecular flexibility index (Phi) is 2.02. The van der Waals surface area contributed by atoms with Crippen LogP contribution in [0.15, 0.2) is 35.0 Å². The quantitative estimate of drug-likeness (QED) is 0.785. The molecule has 0 radical (unpaired) electrons. The van der Waals surface area contributed by atoms with E-state index in [9.17, 15) is 0 Å². The number of fused-ring (bicyclic) bond motifs is 1. The summed E-state index contributed by atoms with van der Waals surface area (Å²) in [5, 5.41) is 10.9. The van der Waals surface area contributed by atoms with Crippen LogP contribution in [-0.4, -0.2) is 23.9 Å². The first-order chi connectivity index (χ1) is 7.86. The van der Waals surface area contributed by atoms with Gasteiger partial charge >= 0.3 is 0 Å². The SMILES string of the molecule is CN1c2nonc2NCC1c1ccccc1. The van der Waals surface area contributed by atoms with E-state index >= 15 is 0 Å². The first-order valence-electron chi connectivity index (χ1n) is 5.20. The second-order valence-electron chi connectivity index (χ2n) is 3.85. The molecule has 0 fully saturated rings. The molecule has 2 heterocycles. The Balaban J connectivity index is 1.96. The molecule has 1 aromatic carbocycles. The Morgan fingerprint density at radius 2 is 2.12 bits per heavy atom. The zero-order chi connectivity index (χ0) is 11.0. The number of nitrogens with one attached hydrogen (secondary N) is 1. The van der Waals surface area contributed by atoms with Crippen molar-refractivity contribution in [3.05, 3.63) is 35.9 Å². The van der Waals surface area contributed by atoms with E-state index in [-0.39, 0.29) is 6.04 Å². The van der Waals surface area contributed by atoms with Crippen molar-refractivity contribution >= 4 is 11.6 Å². The molecule has 0 saturated heterocycles. The number of hydrogen-bond donors (Lipinski definition) is 1. The van der Waals surface area contributed by atoms with E-state index < -0.39 is 0 Å². The van der Waals surface area contributed by atoms with E-state index in [1.165, 1.54) is 5.56 Å². The molecular weight excluding hydrogens is 204 g/mol. The van der Waals surface area contributed by atoms with E-state index in [0.29, 0.717) is 0 Å². The van der Waals surface area contributed by atoms with Crippen molar-refractivity contribution < 1.29 is 4.63 Å². The minimum absolute atomic E-state index is 0.264. The molecule has 1 atom stereocenters. The van der Waals surface area contributed by atoms with Gasteiger partial charge in [-0.05, 0) is 15.9 Å². The standard InChI is InChI=1S/C11H12N4O/c1-15-9(8-5-3-2-4-6-8)7-12-10-11(15)14-16-13-10/h2-6,9H,7H2,1H3,(H,12,13). The molecule has 0 bridgehead atoms. The first kappa shape index (κ1) is 9.21. The van der Waals surface area contributed by atoms with Gasteiger partial charge in [-0.1, -0.05) is 30.3 Å². The molecule has 1 N–H and O–H groups in total. The lowest BCUT2D eigenvalue weighted by molar-refractivity contribution is 0.309. The van der Waals surface area contributed by atoms with Crippen LogP contribution in [0.4, 0.5) is 11.6 Å². The Morgan fingerprint density at radius 3 is 2.94 bits per heavy atom. The second-order valence-corrected chi connectivity index (χ2v) is 3.85. The summed E-state index contributed by atoms with van der Waals surface area (Å²) >= 11 is 0. The fraction of sp³-hybridized carbons (Fsp3) is 0.273. The summed E-state index contributed by atoms with van der Waals surface area (Å²) < 4.78 is 4.72. The molecule has 0 saturated carbocycles. The summed E-state index contributed by atoms with van der Waals surface area (Å²) in [5.74, 6) is 1.48. The molecule has 0 aliphatic carbocycles. The molecule has 82 valence electrons. The van der Waals surface area contributed by atoms with Gasteiger partial charge in [0.2, 0.25) is 11.6 Å². The number of likely N-dealkylation sites (N-methyl/N-ethyl adjacent to an activating group) is 1. The summed E-state index contributed by atoms with van der Waals surface area (Å²) in [4.78, 5) is 2.08. The van der Waals surface area contributed by atoms with Crippen LogP contribution in [-0.2, 0) is 0 Å². The summed E-state index contributed by atoms with van der Waals surface area (Å²) in [7, 11) is 2.00. The fourth-order valence-corrected chi connectivity index (χ4v) is 2.02. The normalized spacial score (nSPS) is 19.1. The van der Waals surface area contributed by atoms with Crippen LogP contribution in [0, 0.1) is 0 Å². The van der Waals surface area contributed by atoms with Gasteiger partial charge in [-0.15, -0.1) is 0 Å². The van der Waals surface area contributed by atoms with Crippen molar-refractivity contribution in [1.29, 1.82) is 0 Å². The average molecular weight is 216 g/mol. The van der Waals surface area contributed by atoms with Crippen LogP contribution in [0.2, 0.25) is 0 Å². The Labute approximate surface area is 93.0 Å². The van der Waals surface area contributed by atoms with Gasteiger partial charge in [0.25, 0.3) is 0 Å². The number of nitrogens with zero attached hydrogens (tertiary/aromatic N) is 3. The van der Waals surface area contributed by atoms with Crippen LogP contribution < -0.4 is 10.2 Å². The summed E-state index contributed by atoms with van der Waals surface area (Å²) in [6.07, 6.45) is 0.